The summed E-state index contributed by atoms with van der Waals surface area (Å²) < 4.78 is 6.14. The number of hydrogen-bond acceptors (Lipinski definition) is 2. The summed E-state index contributed by atoms with van der Waals surface area (Å²) >= 11 is 1.88. The Balaban J connectivity index is 3.57. The van der Waals surface area contributed by atoms with Crippen molar-refractivity contribution in [1.82, 2.24) is 3.11 Å². The maximum atomic E-state index is 10.9. The van der Waals surface area contributed by atoms with E-state index in [-0.39, 0.29) is 6.09 Å². The Bertz CT molecular complexity index is 164. The molecule has 0 fully saturated rings. The fourth-order valence-corrected chi connectivity index (χ4v) is 0.828. The minimum Gasteiger partial charge on any atom is -0.449 e. The van der Waals surface area contributed by atoms with Crippen LogP contribution in [0.15, 0.2) is 0 Å². The molecule has 0 unspecified atom stereocenters. The third-order valence-corrected chi connectivity index (χ3v) is 1.79. The molecule has 0 rings (SSSR count). The van der Waals surface area contributed by atoms with Gasteiger partial charge in [-0.3, -0.25) is 0 Å². The molecule has 0 atom stereocenters. The smallest absolute Gasteiger partial charge is 0.418 e. The topological polar surface area (TPSA) is 29.5 Å². The molecule has 0 bridgehead atoms. The van der Waals surface area contributed by atoms with Gasteiger partial charge in [-0.05, 0) is 6.92 Å². The lowest BCUT2D eigenvalue weighted by atomic mass is 10.4. The van der Waals surface area contributed by atoms with Crippen molar-refractivity contribution in [2.24, 2.45) is 0 Å². The van der Waals surface area contributed by atoms with Crippen molar-refractivity contribution in [3.05, 3.63) is 0 Å². The molecule has 11 heavy (non-hydrogen) atoms. The Hall–Kier alpha value is -0.440. The van der Waals surface area contributed by atoms with Crippen LogP contribution in [0, 0.1) is 12.3 Å². The van der Waals surface area contributed by atoms with E-state index in [1.807, 2.05) is 22.9 Å². The van der Waals surface area contributed by atoms with Gasteiger partial charge in [0, 0.05) is 13.0 Å². The second kappa shape index (κ2) is 6.28. The molecular formula is C7H10INO2. The maximum absolute atomic E-state index is 10.9. The molecule has 0 saturated heterocycles. The summed E-state index contributed by atoms with van der Waals surface area (Å²) in [4.78, 5) is 10.9. The quantitative estimate of drug-likeness (QED) is 0.443. The van der Waals surface area contributed by atoms with Crippen molar-refractivity contribution in [1.29, 1.82) is 0 Å². The Kier molecular flexibility index (Phi) is 6.03. The molecule has 0 saturated carbocycles. The fraction of sp³-hybridized carbons (Fsp3) is 0.571. The van der Waals surface area contributed by atoms with Gasteiger partial charge in [-0.1, -0.05) is 0 Å². The predicted molar refractivity (Wildman–Crippen MR) is 51.2 cm³/mol. The summed E-state index contributed by atoms with van der Waals surface area (Å²) in [5, 5.41) is 0. The maximum Gasteiger partial charge on any atom is 0.418 e. The first-order chi connectivity index (χ1) is 5.22. The van der Waals surface area contributed by atoms with Crippen LogP contribution in [0.25, 0.3) is 0 Å². The van der Waals surface area contributed by atoms with Crippen molar-refractivity contribution < 1.29 is 9.53 Å². The minimum absolute atomic E-state index is 0.330. The molecule has 0 aliphatic heterocycles. The molecule has 0 aromatic carbocycles. The van der Waals surface area contributed by atoms with Crippen LogP contribution in [-0.2, 0) is 4.74 Å². The summed E-state index contributed by atoms with van der Waals surface area (Å²) in [5.41, 5.74) is 0. The number of carbonyl (C=O) groups excluding carboxylic acids is 1. The van der Waals surface area contributed by atoms with E-state index in [1.54, 1.807) is 6.92 Å². The zero-order chi connectivity index (χ0) is 8.69. The van der Waals surface area contributed by atoms with E-state index in [2.05, 4.69) is 5.92 Å². The summed E-state index contributed by atoms with van der Waals surface area (Å²) in [6, 6.07) is 0. The first kappa shape index (κ1) is 10.6. The van der Waals surface area contributed by atoms with E-state index in [4.69, 9.17) is 11.2 Å². The third-order valence-electron chi connectivity index (χ3n) is 0.918. The summed E-state index contributed by atoms with van der Waals surface area (Å²) in [5.74, 6) is 2.44. The van der Waals surface area contributed by atoms with E-state index in [0.29, 0.717) is 19.6 Å². The second-order valence-corrected chi connectivity index (χ2v) is 2.90. The number of rotatable bonds is 3. The van der Waals surface area contributed by atoms with Gasteiger partial charge in [-0.2, -0.15) is 0 Å². The van der Waals surface area contributed by atoms with Crippen molar-refractivity contribution in [2.45, 2.75) is 13.3 Å². The summed E-state index contributed by atoms with van der Waals surface area (Å²) in [6.07, 6.45) is 5.25. The summed E-state index contributed by atoms with van der Waals surface area (Å²) in [7, 11) is 0. The van der Waals surface area contributed by atoms with Gasteiger partial charge in [0.2, 0.25) is 0 Å². The van der Waals surface area contributed by atoms with Gasteiger partial charge < -0.3 is 4.74 Å². The first-order valence-electron chi connectivity index (χ1n) is 3.26. The molecule has 1 amide bonds. The number of hydrogen-bond donors (Lipinski definition) is 0. The number of amides is 1. The molecule has 4 heteroatoms. The molecule has 0 aromatic rings. The SMILES string of the molecule is C#CCCN(I)C(=O)OCC. The normalized spacial score (nSPS) is 8.45. The van der Waals surface area contributed by atoms with Crippen molar-refractivity contribution >= 4 is 29.0 Å². The van der Waals surface area contributed by atoms with E-state index < -0.39 is 0 Å². The van der Waals surface area contributed by atoms with Gasteiger partial charge in [0.25, 0.3) is 0 Å². The van der Waals surface area contributed by atoms with Gasteiger partial charge in [0.05, 0.1) is 29.5 Å². The van der Waals surface area contributed by atoms with Crippen molar-refractivity contribution in [3.63, 3.8) is 0 Å². The highest BCUT2D eigenvalue weighted by atomic mass is 127. The Morgan fingerprint density at radius 3 is 2.91 bits per heavy atom. The molecule has 0 heterocycles. The van der Waals surface area contributed by atoms with Crippen LogP contribution in [0.4, 0.5) is 4.79 Å². The molecule has 0 radical (unpaired) electrons. The Morgan fingerprint density at radius 1 is 1.82 bits per heavy atom. The van der Waals surface area contributed by atoms with E-state index in [9.17, 15) is 4.79 Å². The number of nitrogens with zero attached hydrogens (tertiary/aromatic N) is 1. The van der Waals surface area contributed by atoms with Crippen LogP contribution in [0.5, 0.6) is 0 Å². The van der Waals surface area contributed by atoms with Crippen molar-refractivity contribution in [3.8, 4) is 12.3 Å². The molecule has 0 N–H and O–H groups in total. The van der Waals surface area contributed by atoms with Crippen LogP contribution in [0.3, 0.4) is 0 Å². The van der Waals surface area contributed by atoms with Crippen LogP contribution in [-0.4, -0.2) is 22.4 Å². The highest BCUT2D eigenvalue weighted by molar-refractivity contribution is 14.1. The predicted octanol–water partition coefficient (Wildman–Crippen LogP) is 1.82. The van der Waals surface area contributed by atoms with Crippen LogP contribution < -0.4 is 0 Å². The number of ether oxygens (including phenoxy) is 1. The van der Waals surface area contributed by atoms with Gasteiger partial charge in [-0.25, -0.2) is 7.91 Å². The van der Waals surface area contributed by atoms with E-state index in [0.717, 1.165) is 0 Å². The second-order valence-electron chi connectivity index (χ2n) is 1.74. The highest BCUT2D eigenvalue weighted by Crippen LogP contribution is 2.02. The lowest BCUT2D eigenvalue weighted by Crippen LogP contribution is -2.22. The number of halogens is 1. The van der Waals surface area contributed by atoms with Crippen molar-refractivity contribution in [2.75, 3.05) is 13.2 Å². The monoisotopic (exact) mass is 267 g/mol. The Morgan fingerprint density at radius 2 is 2.45 bits per heavy atom. The average Bonchev–Trinajstić information content (AvgIpc) is 2.00. The Labute approximate surface area is 80.6 Å². The molecule has 0 aliphatic rings. The first-order valence-corrected chi connectivity index (χ1v) is 4.22. The minimum atomic E-state index is -0.330. The van der Waals surface area contributed by atoms with Crippen LogP contribution in [0.2, 0.25) is 0 Å². The largest absolute Gasteiger partial charge is 0.449 e. The van der Waals surface area contributed by atoms with Gasteiger partial charge in [-0.15, -0.1) is 12.3 Å². The zero-order valence-electron chi connectivity index (χ0n) is 6.34. The number of carbonyl (C=O) groups is 1. The molecule has 62 valence electrons. The van der Waals surface area contributed by atoms with Gasteiger partial charge >= 0.3 is 6.09 Å². The summed E-state index contributed by atoms with van der Waals surface area (Å²) in [6.45, 7) is 2.70. The zero-order valence-corrected chi connectivity index (χ0v) is 8.50. The van der Waals surface area contributed by atoms with E-state index >= 15 is 0 Å². The third kappa shape index (κ3) is 4.90. The standard InChI is InChI=1S/C7H10INO2/c1-3-5-6-9(8)7(10)11-4-2/h1H,4-6H2,2H3. The van der Waals surface area contributed by atoms with Crippen LogP contribution in [0.1, 0.15) is 13.3 Å². The number of terminal acetylenes is 1. The van der Waals surface area contributed by atoms with Crippen LogP contribution >= 0.6 is 22.9 Å². The van der Waals surface area contributed by atoms with E-state index in [1.165, 1.54) is 3.11 Å². The average molecular weight is 267 g/mol. The van der Waals surface area contributed by atoms with Gasteiger partial charge in [0.15, 0.2) is 0 Å². The molecular weight excluding hydrogens is 257 g/mol. The van der Waals surface area contributed by atoms with Gasteiger partial charge in [0.1, 0.15) is 0 Å². The lowest BCUT2D eigenvalue weighted by Gasteiger charge is -2.11. The molecule has 3 nitrogen and oxygen atoms in total. The highest BCUT2D eigenvalue weighted by Gasteiger charge is 2.08. The molecule has 0 aromatic heterocycles. The molecule has 0 aliphatic carbocycles. The lowest BCUT2D eigenvalue weighted by molar-refractivity contribution is 0.138. The fourth-order valence-electron chi connectivity index (χ4n) is 0.448. The molecule has 0 spiro atoms.